The molecule has 0 amide bonds. The third-order valence-electron chi connectivity index (χ3n) is 18.4. The van der Waals surface area contributed by atoms with Crippen LogP contribution in [0.2, 0.25) is 0 Å². The van der Waals surface area contributed by atoms with Crippen molar-refractivity contribution in [1.82, 2.24) is 0 Å². The standard InChI is InChI=1S/C77H150O7/c1-4-7-10-13-16-19-22-25-28-31-34-37-40-43-46-49-52-55-58-61-64-67-74(79)82-71-77(70-78,72-83-75(80)68-65-62-59-56-53-50-47-44-41-38-35-32-29-26-23-20-17-14-11-8-5-2)73-84-76(81)69-66-63-60-57-54-51-48-45-42-39-36-33-30-27-24-21-18-15-12-9-6-3/h78H,4-73H2,1-3H3. The minimum Gasteiger partial charge on any atom is -0.465 e. The SMILES string of the molecule is CCCCCCCCCCCCCCCCCCCCCCCC(=O)OCC(CO)(COC(=O)CCCCCCCCCCCCCCCCCCCCCCC)COC(=O)CCCCCCCCCCCCCCCCCCCCCCC. The van der Waals surface area contributed by atoms with Gasteiger partial charge in [0.05, 0.1) is 12.0 Å². The summed E-state index contributed by atoms with van der Waals surface area (Å²) in [6, 6.07) is 0. The van der Waals surface area contributed by atoms with Crippen LogP contribution in [0, 0.1) is 5.41 Å². The van der Waals surface area contributed by atoms with Crippen LogP contribution in [0.1, 0.15) is 445 Å². The molecule has 0 heterocycles. The van der Waals surface area contributed by atoms with Crippen molar-refractivity contribution in [2.75, 3.05) is 26.4 Å². The highest BCUT2D eigenvalue weighted by Gasteiger charge is 2.35. The number of rotatable bonds is 73. The van der Waals surface area contributed by atoms with E-state index in [1.807, 2.05) is 0 Å². The number of aliphatic hydroxyl groups excluding tert-OH is 1. The fourth-order valence-corrected chi connectivity index (χ4v) is 12.3. The first-order chi connectivity index (χ1) is 41.4. The zero-order chi connectivity index (χ0) is 60.9. The van der Waals surface area contributed by atoms with E-state index in [4.69, 9.17) is 14.2 Å². The molecule has 0 atom stereocenters. The van der Waals surface area contributed by atoms with Gasteiger partial charge in [-0.15, -0.1) is 0 Å². The molecule has 0 rings (SSSR count). The van der Waals surface area contributed by atoms with Crippen molar-refractivity contribution in [2.24, 2.45) is 5.41 Å². The van der Waals surface area contributed by atoms with E-state index < -0.39 is 12.0 Å². The molecule has 0 aromatic heterocycles. The predicted octanol–water partition coefficient (Wildman–Crippen LogP) is 25.4. The average molecular weight is 1190 g/mol. The summed E-state index contributed by atoms with van der Waals surface area (Å²) < 4.78 is 17.2. The summed E-state index contributed by atoms with van der Waals surface area (Å²) >= 11 is 0. The van der Waals surface area contributed by atoms with Gasteiger partial charge in [0.1, 0.15) is 19.8 Å². The number of ether oxygens (including phenoxy) is 3. The molecule has 0 aromatic rings. The van der Waals surface area contributed by atoms with Gasteiger partial charge in [0.2, 0.25) is 0 Å². The topological polar surface area (TPSA) is 99.1 Å². The molecular formula is C77H150O7. The Morgan fingerprint density at radius 3 is 0.452 bits per heavy atom. The van der Waals surface area contributed by atoms with Gasteiger partial charge in [0, 0.05) is 19.3 Å². The van der Waals surface area contributed by atoms with Gasteiger partial charge >= 0.3 is 17.9 Å². The van der Waals surface area contributed by atoms with Crippen molar-refractivity contribution in [1.29, 1.82) is 0 Å². The Labute approximate surface area is 525 Å². The number of hydrogen-bond donors (Lipinski definition) is 1. The summed E-state index contributed by atoms with van der Waals surface area (Å²) in [6.45, 7) is 6.00. The lowest BCUT2D eigenvalue weighted by molar-refractivity contribution is -0.165. The third-order valence-corrected chi connectivity index (χ3v) is 18.4. The fraction of sp³-hybridized carbons (Fsp3) is 0.961. The van der Waals surface area contributed by atoms with Crippen LogP contribution in [0.25, 0.3) is 0 Å². The second kappa shape index (κ2) is 70.5. The van der Waals surface area contributed by atoms with Crippen molar-refractivity contribution in [3.8, 4) is 0 Å². The third kappa shape index (κ3) is 64.8. The van der Waals surface area contributed by atoms with Gasteiger partial charge in [-0.25, -0.2) is 0 Å². The fourth-order valence-electron chi connectivity index (χ4n) is 12.3. The predicted molar refractivity (Wildman–Crippen MR) is 364 cm³/mol. The summed E-state index contributed by atoms with van der Waals surface area (Å²) in [5.74, 6) is -0.952. The molecule has 0 unspecified atom stereocenters. The molecule has 0 aliphatic carbocycles. The van der Waals surface area contributed by atoms with Crippen LogP contribution in [-0.2, 0) is 28.6 Å². The van der Waals surface area contributed by atoms with E-state index in [2.05, 4.69) is 20.8 Å². The van der Waals surface area contributed by atoms with Crippen LogP contribution in [-0.4, -0.2) is 49.4 Å². The van der Waals surface area contributed by atoms with Gasteiger partial charge in [-0.3, -0.25) is 14.4 Å². The van der Waals surface area contributed by atoms with E-state index in [9.17, 15) is 19.5 Å². The van der Waals surface area contributed by atoms with Crippen LogP contribution >= 0.6 is 0 Å². The zero-order valence-electron chi connectivity index (χ0n) is 57.4. The van der Waals surface area contributed by atoms with Gasteiger partial charge in [-0.05, 0) is 19.3 Å². The number of carbonyl (C=O) groups excluding carboxylic acids is 3. The molecule has 500 valence electrons. The first-order valence-corrected chi connectivity index (χ1v) is 38.5. The Hall–Kier alpha value is -1.63. The normalized spacial score (nSPS) is 11.7. The summed E-state index contributed by atoms with van der Waals surface area (Å²) in [6.07, 6.45) is 84.0. The Bertz CT molecular complexity index is 1150. The lowest BCUT2D eigenvalue weighted by Gasteiger charge is -2.30. The van der Waals surface area contributed by atoms with E-state index in [1.165, 1.54) is 347 Å². The highest BCUT2D eigenvalue weighted by molar-refractivity contribution is 5.70. The lowest BCUT2D eigenvalue weighted by Crippen LogP contribution is -2.42. The van der Waals surface area contributed by atoms with Gasteiger partial charge < -0.3 is 19.3 Å². The first-order valence-electron chi connectivity index (χ1n) is 38.5. The molecule has 0 fully saturated rings. The molecule has 0 bridgehead atoms. The largest absolute Gasteiger partial charge is 0.465 e. The quantitative estimate of drug-likeness (QED) is 0.0368. The van der Waals surface area contributed by atoms with Crippen LogP contribution in [0.3, 0.4) is 0 Å². The molecule has 0 aromatic carbocycles. The molecule has 7 heteroatoms. The average Bonchev–Trinajstić information content (AvgIpc) is 3.63. The van der Waals surface area contributed by atoms with Gasteiger partial charge in [0.15, 0.2) is 0 Å². The maximum atomic E-state index is 13.0. The first kappa shape index (κ1) is 82.4. The molecule has 0 saturated heterocycles. The van der Waals surface area contributed by atoms with Gasteiger partial charge in [-0.1, -0.05) is 406 Å². The van der Waals surface area contributed by atoms with Crippen LogP contribution in [0.5, 0.6) is 0 Å². The summed E-state index contributed by atoms with van der Waals surface area (Å²) in [4.78, 5) is 38.9. The van der Waals surface area contributed by atoms with Crippen LogP contribution in [0.15, 0.2) is 0 Å². The summed E-state index contributed by atoms with van der Waals surface area (Å²) in [5.41, 5.74) is -1.19. The van der Waals surface area contributed by atoms with Crippen molar-refractivity contribution in [3.05, 3.63) is 0 Å². The number of aliphatic hydroxyl groups is 1. The van der Waals surface area contributed by atoms with Crippen molar-refractivity contribution >= 4 is 17.9 Å². The highest BCUT2D eigenvalue weighted by atomic mass is 16.6. The highest BCUT2D eigenvalue weighted by Crippen LogP contribution is 2.24. The Morgan fingerprint density at radius 2 is 0.333 bits per heavy atom. The van der Waals surface area contributed by atoms with E-state index in [-0.39, 0.29) is 37.7 Å². The maximum Gasteiger partial charge on any atom is 0.305 e. The van der Waals surface area contributed by atoms with Crippen LogP contribution in [0.4, 0.5) is 0 Å². The summed E-state index contributed by atoms with van der Waals surface area (Å²) in [7, 11) is 0. The smallest absolute Gasteiger partial charge is 0.305 e. The number of unbranched alkanes of at least 4 members (excludes halogenated alkanes) is 60. The van der Waals surface area contributed by atoms with Crippen molar-refractivity contribution in [2.45, 2.75) is 445 Å². The van der Waals surface area contributed by atoms with Gasteiger partial charge in [-0.2, -0.15) is 0 Å². The monoisotopic (exact) mass is 1190 g/mol. The molecule has 84 heavy (non-hydrogen) atoms. The molecule has 1 N–H and O–H groups in total. The molecule has 0 saturated carbocycles. The molecular weight excluding hydrogens is 1040 g/mol. The Morgan fingerprint density at radius 1 is 0.214 bits per heavy atom. The van der Waals surface area contributed by atoms with E-state index in [0.29, 0.717) is 19.3 Å². The van der Waals surface area contributed by atoms with Crippen LogP contribution < -0.4 is 0 Å². The molecule has 0 spiro atoms. The number of carbonyl (C=O) groups is 3. The van der Waals surface area contributed by atoms with E-state index in [1.54, 1.807) is 0 Å². The Kier molecular flexibility index (Phi) is 69.1. The second-order valence-corrected chi connectivity index (χ2v) is 27.1. The minimum atomic E-state index is -1.19. The lowest BCUT2D eigenvalue weighted by atomic mass is 9.92. The van der Waals surface area contributed by atoms with E-state index >= 15 is 0 Å². The molecule has 0 radical (unpaired) electrons. The van der Waals surface area contributed by atoms with Crippen molar-refractivity contribution < 1.29 is 33.7 Å². The van der Waals surface area contributed by atoms with Crippen molar-refractivity contribution in [3.63, 3.8) is 0 Å². The minimum absolute atomic E-state index is 0.152. The molecule has 7 nitrogen and oxygen atoms in total. The molecule has 0 aliphatic rings. The number of hydrogen-bond acceptors (Lipinski definition) is 7. The Balaban J connectivity index is 4.45. The second-order valence-electron chi connectivity index (χ2n) is 27.1. The summed E-state index contributed by atoms with van der Waals surface area (Å²) in [5, 5.41) is 10.7. The number of esters is 3. The maximum absolute atomic E-state index is 13.0. The van der Waals surface area contributed by atoms with E-state index in [0.717, 1.165) is 57.8 Å². The molecule has 0 aliphatic heterocycles. The zero-order valence-corrected chi connectivity index (χ0v) is 57.4. The van der Waals surface area contributed by atoms with Gasteiger partial charge in [0.25, 0.3) is 0 Å².